The number of benzene rings is 1. The van der Waals surface area contributed by atoms with E-state index in [4.69, 9.17) is 15.2 Å². The highest BCUT2D eigenvalue weighted by atomic mass is 32.1. The van der Waals surface area contributed by atoms with E-state index < -0.39 is 0 Å². The Morgan fingerprint density at radius 2 is 1.95 bits per heavy atom. The van der Waals surface area contributed by atoms with Crippen LogP contribution in [0.2, 0.25) is 0 Å². The van der Waals surface area contributed by atoms with Crippen molar-refractivity contribution in [2.45, 2.75) is 26.2 Å². The van der Waals surface area contributed by atoms with Crippen LogP contribution in [0.15, 0.2) is 18.2 Å². The molecule has 2 rings (SSSR count). The van der Waals surface area contributed by atoms with E-state index in [1.165, 1.54) is 11.5 Å². The van der Waals surface area contributed by atoms with Crippen LogP contribution < -0.4 is 15.2 Å². The fourth-order valence-electron chi connectivity index (χ4n) is 1.42. The Morgan fingerprint density at radius 3 is 2.53 bits per heavy atom. The quantitative estimate of drug-likeness (QED) is 0.873. The van der Waals surface area contributed by atoms with E-state index in [-0.39, 0.29) is 5.41 Å². The second-order valence-electron chi connectivity index (χ2n) is 5.15. The first-order valence-electron chi connectivity index (χ1n) is 5.85. The molecule has 0 radical (unpaired) electrons. The van der Waals surface area contributed by atoms with E-state index in [0.29, 0.717) is 22.4 Å². The van der Waals surface area contributed by atoms with Crippen molar-refractivity contribution in [3.8, 4) is 16.7 Å². The number of hydrogen-bond acceptors (Lipinski definition) is 6. The van der Waals surface area contributed by atoms with Gasteiger partial charge in [-0.2, -0.15) is 9.36 Å². The molecule has 0 atom stereocenters. The van der Waals surface area contributed by atoms with Gasteiger partial charge in [0.1, 0.15) is 0 Å². The van der Waals surface area contributed by atoms with Gasteiger partial charge in [0, 0.05) is 28.7 Å². The van der Waals surface area contributed by atoms with Gasteiger partial charge >= 0.3 is 0 Å². The SMILES string of the molecule is COc1cc(N)ccc1Oc1nc(C(C)(C)C)ns1. The summed E-state index contributed by atoms with van der Waals surface area (Å²) < 4.78 is 15.2. The van der Waals surface area contributed by atoms with Crippen LogP contribution >= 0.6 is 11.5 Å². The Labute approximate surface area is 116 Å². The Bertz CT molecular complexity index is 576. The van der Waals surface area contributed by atoms with Crippen LogP contribution in [0.4, 0.5) is 5.69 Å². The first-order chi connectivity index (χ1) is 8.90. The zero-order valence-electron chi connectivity index (χ0n) is 11.4. The van der Waals surface area contributed by atoms with Gasteiger partial charge in [-0.1, -0.05) is 20.8 Å². The Morgan fingerprint density at radius 1 is 1.21 bits per heavy atom. The summed E-state index contributed by atoms with van der Waals surface area (Å²) >= 11 is 1.22. The predicted molar refractivity (Wildman–Crippen MR) is 76.1 cm³/mol. The largest absolute Gasteiger partial charge is 0.493 e. The van der Waals surface area contributed by atoms with Gasteiger partial charge in [0.15, 0.2) is 17.3 Å². The van der Waals surface area contributed by atoms with E-state index in [9.17, 15) is 0 Å². The third kappa shape index (κ3) is 3.14. The molecule has 1 heterocycles. The second-order valence-corrected chi connectivity index (χ2v) is 5.86. The number of ether oxygens (including phenoxy) is 2. The fourth-order valence-corrected chi connectivity index (χ4v) is 2.15. The number of anilines is 1. The molecule has 0 fully saturated rings. The van der Waals surface area contributed by atoms with Crippen molar-refractivity contribution in [2.75, 3.05) is 12.8 Å². The summed E-state index contributed by atoms with van der Waals surface area (Å²) in [5, 5.41) is 0.494. The van der Waals surface area contributed by atoms with Crippen molar-refractivity contribution in [1.29, 1.82) is 0 Å². The van der Waals surface area contributed by atoms with Crippen molar-refractivity contribution in [3.63, 3.8) is 0 Å². The molecule has 2 N–H and O–H groups in total. The lowest BCUT2D eigenvalue weighted by Crippen LogP contribution is -2.12. The molecule has 5 nitrogen and oxygen atoms in total. The maximum atomic E-state index is 5.70. The number of hydrogen-bond donors (Lipinski definition) is 1. The maximum Gasteiger partial charge on any atom is 0.298 e. The van der Waals surface area contributed by atoms with E-state index in [2.05, 4.69) is 30.1 Å². The molecule has 19 heavy (non-hydrogen) atoms. The molecule has 0 aliphatic carbocycles. The van der Waals surface area contributed by atoms with Crippen molar-refractivity contribution >= 4 is 17.2 Å². The van der Waals surface area contributed by atoms with Crippen molar-refractivity contribution in [1.82, 2.24) is 9.36 Å². The molecule has 0 saturated carbocycles. The first kappa shape index (κ1) is 13.6. The van der Waals surface area contributed by atoms with Gasteiger partial charge in [0.2, 0.25) is 0 Å². The highest BCUT2D eigenvalue weighted by Gasteiger charge is 2.20. The molecule has 0 aliphatic heterocycles. The summed E-state index contributed by atoms with van der Waals surface area (Å²) in [6, 6.07) is 5.22. The average Bonchev–Trinajstić information content (AvgIpc) is 2.79. The van der Waals surface area contributed by atoms with Gasteiger partial charge in [-0.3, -0.25) is 0 Å². The zero-order valence-corrected chi connectivity index (χ0v) is 12.2. The third-order valence-corrected chi connectivity index (χ3v) is 3.06. The predicted octanol–water partition coefficient (Wildman–Crippen LogP) is 3.22. The van der Waals surface area contributed by atoms with E-state index in [0.717, 1.165) is 5.82 Å². The Hall–Kier alpha value is -1.82. The summed E-state index contributed by atoms with van der Waals surface area (Å²) in [6.45, 7) is 6.17. The summed E-state index contributed by atoms with van der Waals surface area (Å²) in [6.07, 6.45) is 0. The molecule has 0 amide bonds. The van der Waals surface area contributed by atoms with Gasteiger partial charge in [-0.05, 0) is 12.1 Å². The molecular weight excluding hydrogens is 262 g/mol. The topological polar surface area (TPSA) is 70.3 Å². The second kappa shape index (κ2) is 5.05. The van der Waals surface area contributed by atoms with Crippen LogP contribution in [-0.2, 0) is 5.41 Å². The molecule has 1 aromatic heterocycles. The van der Waals surface area contributed by atoms with Crippen LogP contribution in [0.1, 0.15) is 26.6 Å². The summed E-state index contributed by atoms with van der Waals surface area (Å²) in [5.74, 6) is 1.92. The van der Waals surface area contributed by atoms with E-state index in [1.807, 2.05) is 0 Å². The van der Waals surface area contributed by atoms with Gasteiger partial charge in [-0.15, -0.1) is 0 Å². The van der Waals surface area contributed by atoms with Crippen molar-refractivity contribution in [2.24, 2.45) is 0 Å². The van der Waals surface area contributed by atoms with Crippen molar-refractivity contribution in [3.05, 3.63) is 24.0 Å². The molecule has 102 valence electrons. The van der Waals surface area contributed by atoms with Gasteiger partial charge in [0.05, 0.1) is 7.11 Å². The molecule has 2 aromatic rings. The Kier molecular flexibility index (Phi) is 3.61. The molecule has 0 spiro atoms. The highest BCUT2D eigenvalue weighted by Crippen LogP contribution is 2.34. The minimum absolute atomic E-state index is 0.0939. The Balaban J connectivity index is 2.24. The van der Waals surface area contributed by atoms with E-state index >= 15 is 0 Å². The third-order valence-electron chi connectivity index (χ3n) is 2.46. The summed E-state index contributed by atoms with van der Waals surface area (Å²) in [4.78, 5) is 4.37. The van der Waals surface area contributed by atoms with Crippen LogP contribution in [0, 0.1) is 0 Å². The van der Waals surface area contributed by atoms with Gasteiger partial charge < -0.3 is 15.2 Å². The maximum absolute atomic E-state index is 5.70. The van der Waals surface area contributed by atoms with Crippen LogP contribution in [0.5, 0.6) is 16.7 Å². The number of methoxy groups -OCH3 is 1. The van der Waals surface area contributed by atoms with Crippen LogP contribution in [0.25, 0.3) is 0 Å². The number of nitrogens with two attached hydrogens (primary N) is 1. The minimum atomic E-state index is -0.0939. The van der Waals surface area contributed by atoms with Gasteiger partial charge in [-0.25, -0.2) is 0 Å². The van der Waals surface area contributed by atoms with Crippen molar-refractivity contribution < 1.29 is 9.47 Å². The number of rotatable bonds is 3. The molecule has 0 bridgehead atoms. The molecule has 0 unspecified atom stereocenters. The lowest BCUT2D eigenvalue weighted by molar-refractivity contribution is 0.377. The average molecular weight is 279 g/mol. The summed E-state index contributed by atoms with van der Waals surface area (Å²) in [7, 11) is 1.57. The zero-order chi connectivity index (χ0) is 14.0. The monoisotopic (exact) mass is 279 g/mol. The standard InChI is InChI=1S/C13H17N3O2S/c1-13(2,3)11-15-12(19-16-11)18-9-6-5-8(14)7-10(9)17-4/h5-7H,14H2,1-4H3. The van der Waals surface area contributed by atoms with Crippen LogP contribution in [0.3, 0.4) is 0 Å². The molecule has 0 saturated heterocycles. The molecule has 0 aliphatic rings. The normalized spacial score (nSPS) is 11.4. The molecule has 6 heteroatoms. The van der Waals surface area contributed by atoms with Gasteiger partial charge in [0.25, 0.3) is 5.19 Å². The summed E-state index contributed by atoms with van der Waals surface area (Å²) in [5.41, 5.74) is 6.22. The highest BCUT2D eigenvalue weighted by molar-refractivity contribution is 7.07. The van der Waals surface area contributed by atoms with Crippen LogP contribution in [-0.4, -0.2) is 16.5 Å². The number of nitrogens with zero attached hydrogens (tertiary/aromatic N) is 2. The molecule has 1 aromatic carbocycles. The first-order valence-corrected chi connectivity index (χ1v) is 6.63. The lowest BCUT2D eigenvalue weighted by Gasteiger charge is -2.12. The smallest absolute Gasteiger partial charge is 0.298 e. The minimum Gasteiger partial charge on any atom is -0.493 e. The lowest BCUT2D eigenvalue weighted by atomic mass is 9.96. The number of aromatic nitrogens is 2. The molecular formula is C13H17N3O2S. The van der Waals surface area contributed by atoms with E-state index in [1.54, 1.807) is 25.3 Å². The fraction of sp³-hybridized carbons (Fsp3) is 0.385. The number of nitrogen functional groups attached to an aromatic ring is 1.